The standard InChI is InChI=1S/C12H11BrN4/c1-7-5-10-15-16-11(6-14)17(10)12-8(7)3-2-4-9(12)13/h2-5H,6,14H2,1H3. The Morgan fingerprint density at radius 2 is 2.18 bits per heavy atom. The van der Waals surface area contributed by atoms with E-state index in [1.54, 1.807) is 0 Å². The first-order chi connectivity index (χ1) is 8.22. The van der Waals surface area contributed by atoms with Gasteiger partial charge >= 0.3 is 0 Å². The smallest absolute Gasteiger partial charge is 0.161 e. The van der Waals surface area contributed by atoms with E-state index < -0.39 is 0 Å². The molecule has 3 rings (SSSR count). The Morgan fingerprint density at radius 3 is 2.94 bits per heavy atom. The lowest BCUT2D eigenvalue weighted by Crippen LogP contribution is -2.04. The van der Waals surface area contributed by atoms with Crippen molar-refractivity contribution >= 4 is 32.5 Å². The number of fused-ring (bicyclic) bond motifs is 3. The fraction of sp³-hybridized carbons (Fsp3) is 0.167. The predicted octanol–water partition coefficient (Wildman–Crippen LogP) is 2.41. The molecule has 0 aliphatic rings. The zero-order valence-electron chi connectivity index (χ0n) is 9.31. The van der Waals surface area contributed by atoms with Crippen LogP contribution in [0.2, 0.25) is 0 Å². The molecule has 4 nitrogen and oxygen atoms in total. The number of rotatable bonds is 1. The van der Waals surface area contributed by atoms with Crippen LogP contribution >= 0.6 is 15.9 Å². The van der Waals surface area contributed by atoms with E-state index >= 15 is 0 Å². The minimum atomic E-state index is 0.376. The average molecular weight is 291 g/mol. The van der Waals surface area contributed by atoms with Gasteiger partial charge in [-0.3, -0.25) is 4.40 Å². The highest BCUT2D eigenvalue weighted by Gasteiger charge is 2.11. The number of para-hydroxylation sites is 1. The van der Waals surface area contributed by atoms with Gasteiger partial charge in [-0.05, 0) is 40.5 Å². The van der Waals surface area contributed by atoms with Gasteiger partial charge in [0.2, 0.25) is 0 Å². The summed E-state index contributed by atoms with van der Waals surface area (Å²) in [5.41, 5.74) is 8.80. The molecule has 0 saturated heterocycles. The average Bonchev–Trinajstić information content (AvgIpc) is 2.72. The summed E-state index contributed by atoms with van der Waals surface area (Å²) >= 11 is 3.58. The van der Waals surface area contributed by atoms with Crippen LogP contribution in [-0.4, -0.2) is 14.6 Å². The van der Waals surface area contributed by atoms with Gasteiger partial charge in [0.05, 0.1) is 12.1 Å². The van der Waals surface area contributed by atoms with E-state index in [9.17, 15) is 0 Å². The Balaban J connectivity index is 2.63. The maximum atomic E-state index is 5.70. The molecule has 3 aromatic rings. The third-order valence-electron chi connectivity index (χ3n) is 2.92. The molecule has 0 radical (unpaired) electrons. The van der Waals surface area contributed by atoms with E-state index in [2.05, 4.69) is 39.1 Å². The number of hydrogen-bond donors (Lipinski definition) is 1. The molecule has 0 amide bonds. The summed E-state index contributed by atoms with van der Waals surface area (Å²) in [5.74, 6) is 0.775. The molecule has 86 valence electrons. The fourth-order valence-electron chi connectivity index (χ4n) is 2.13. The van der Waals surface area contributed by atoms with E-state index in [-0.39, 0.29) is 0 Å². The summed E-state index contributed by atoms with van der Waals surface area (Å²) in [6, 6.07) is 8.16. The van der Waals surface area contributed by atoms with E-state index in [0.29, 0.717) is 6.54 Å². The lowest BCUT2D eigenvalue weighted by molar-refractivity contribution is 0.893. The zero-order chi connectivity index (χ0) is 12.0. The first kappa shape index (κ1) is 10.7. The van der Waals surface area contributed by atoms with Crippen molar-refractivity contribution < 1.29 is 0 Å². The number of nitrogens with two attached hydrogens (primary N) is 1. The van der Waals surface area contributed by atoms with Gasteiger partial charge in [0.25, 0.3) is 0 Å². The van der Waals surface area contributed by atoms with Gasteiger partial charge in [-0.1, -0.05) is 12.1 Å². The van der Waals surface area contributed by atoms with Crippen molar-refractivity contribution in [3.8, 4) is 0 Å². The molecule has 0 spiro atoms. The van der Waals surface area contributed by atoms with Crippen molar-refractivity contribution in [1.82, 2.24) is 14.6 Å². The monoisotopic (exact) mass is 290 g/mol. The van der Waals surface area contributed by atoms with Gasteiger partial charge in [-0.25, -0.2) is 0 Å². The molecule has 0 fully saturated rings. The summed E-state index contributed by atoms with van der Waals surface area (Å²) in [4.78, 5) is 0. The second kappa shape index (κ2) is 3.78. The van der Waals surface area contributed by atoms with Crippen LogP contribution in [0.15, 0.2) is 28.7 Å². The first-order valence-electron chi connectivity index (χ1n) is 5.34. The zero-order valence-corrected chi connectivity index (χ0v) is 10.9. The fourth-order valence-corrected chi connectivity index (χ4v) is 2.68. The van der Waals surface area contributed by atoms with Gasteiger partial charge in [0.15, 0.2) is 11.5 Å². The lowest BCUT2D eigenvalue weighted by atomic mass is 10.1. The van der Waals surface area contributed by atoms with Crippen LogP contribution < -0.4 is 5.73 Å². The maximum Gasteiger partial charge on any atom is 0.161 e. The number of benzene rings is 1. The highest BCUT2D eigenvalue weighted by Crippen LogP contribution is 2.28. The number of nitrogens with zero attached hydrogens (tertiary/aromatic N) is 3. The number of aromatic nitrogens is 3. The predicted molar refractivity (Wildman–Crippen MR) is 70.8 cm³/mol. The van der Waals surface area contributed by atoms with Crippen LogP contribution in [0.1, 0.15) is 11.4 Å². The quantitative estimate of drug-likeness (QED) is 0.749. The Hall–Kier alpha value is -1.46. The van der Waals surface area contributed by atoms with Crippen molar-refractivity contribution in [2.24, 2.45) is 5.73 Å². The SMILES string of the molecule is Cc1cc2nnc(CN)n2c2c(Br)cccc12. The topological polar surface area (TPSA) is 56.2 Å². The summed E-state index contributed by atoms with van der Waals surface area (Å²) in [5, 5.41) is 9.45. The normalized spacial score (nSPS) is 11.5. The molecule has 5 heteroatoms. The van der Waals surface area contributed by atoms with Crippen molar-refractivity contribution in [2.75, 3.05) is 0 Å². The van der Waals surface area contributed by atoms with Crippen molar-refractivity contribution in [2.45, 2.75) is 13.5 Å². The van der Waals surface area contributed by atoms with E-state index in [0.717, 1.165) is 21.5 Å². The molecule has 2 aromatic heterocycles. The van der Waals surface area contributed by atoms with Crippen LogP contribution in [0.5, 0.6) is 0 Å². The molecule has 2 N–H and O–H groups in total. The Morgan fingerprint density at radius 1 is 1.35 bits per heavy atom. The molecule has 0 saturated carbocycles. The summed E-state index contributed by atoms with van der Waals surface area (Å²) in [6.07, 6.45) is 0. The van der Waals surface area contributed by atoms with Crippen LogP contribution in [0.4, 0.5) is 0 Å². The molecule has 0 atom stereocenters. The molecule has 1 aromatic carbocycles. The lowest BCUT2D eigenvalue weighted by Gasteiger charge is -2.08. The highest BCUT2D eigenvalue weighted by atomic mass is 79.9. The summed E-state index contributed by atoms with van der Waals surface area (Å²) < 4.78 is 3.03. The van der Waals surface area contributed by atoms with Gasteiger partial charge in [0, 0.05) is 9.86 Å². The number of pyridine rings is 1. The number of aryl methyl sites for hydroxylation is 1. The van der Waals surface area contributed by atoms with E-state index in [1.807, 2.05) is 22.6 Å². The van der Waals surface area contributed by atoms with Gasteiger partial charge in [-0.2, -0.15) is 0 Å². The maximum absolute atomic E-state index is 5.70. The Kier molecular flexibility index (Phi) is 2.38. The van der Waals surface area contributed by atoms with Crippen LogP contribution in [0.3, 0.4) is 0 Å². The van der Waals surface area contributed by atoms with Crippen molar-refractivity contribution in [1.29, 1.82) is 0 Å². The number of halogens is 1. The van der Waals surface area contributed by atoms with Crippen LogP contribution in [0.25, 0.3) is 16.6 Å². The first-order valence-corrected chi connectivity index (χ1v) is 6.13. The Bertz CT molecular complexity index is 717. The highest BCUT2D eigenvalue weighted by molar-refractivity contribution is 9.10. The minimum absolute atomic E-state index is 0.376. The summed E-state index contributed by atoms with van der Waals surface area (Å²) in [7, 11) is 0. The molecule has 0 unspecified atom stereocenters. The van der Waals surface area contributed by atoms with Crippen molar-refractivity contribution in [3.63, 3.8) is 0 Å². The van der Waals surface area contributed by atoms with Crippen LogP contribution in [-0.2, 0) is 6.54 Å². The minimum Gasteiger partial charge on any atom is -0.324 e. The third kappa shape index (κ3) is 1.46. The molecule has 0 aliphatic carbocycles. The molecular weight excluding hydrogens is 280 g/mol. The second-order valence-corrected chi connectivity index (χ2v) is 4.83. The molecule has 2 heterocycles. The molecular formula is C12H11BrN4. The van der Waals surface area contributed by atoms with Crippen LogP contribution in [0, 0.1) is 6.92 Å². The Labute approximate surface area is 107 Å². The van der Waals surface area contributed by atoms with Gasteiger partial charge in [-0.15, -0.1) is 10.2 Å². The molecule has 0 aliphatic heterocycles. The van der Waals surface area contributed by atoms with E-state index in [1.165, 1.54) is 10.9 Å². The number of hydrogen-bond acceptors (Lipinski definition) is 3. The molecule has 0 bridgehead atoms. The second-order valence-electron chi connectivity index (χ2n) is 3.98. The van der Waals surface area contributed by atoms with E-state index in [4.69, 9.17) is 5.73 Å². The largest absolute Gasteiger partial charge is 0.324 e. The summed E-state index contributed by atoms with van der Waals surface area (Å²) in [6.45, 7) is 2.45. The van der Waals surface area contributed by atoms with Crippen molar-refractivity contribution in [3.05, 3.63) is 40.1 Å². The van der Waals surface area contributed by atoms with Gasteiger partial charge < -0.3 is 5.73 Å². The third-order valence-corrected chi connectivity index (χ3v) is 3.56. The van der Waals surface area contributed by atoms with Gasteiger partial charge in [0.1, 0.15) is 0 Å². The molecule has 17 heavy (non-hydrogen) atoms.